The Morgan fingerprint density at radius 3 is 2.75 bits per heavy atom. The number of pyridine rings is 1. The van der Waals surface area contributed by atoms with Gasteiger partial charge in [0.2, 0.25) is 0 Å². The number of ether oxygens (including phenoxy) is 1. The molecule has 5 nitrogen and oxygen atoms in total. The van der Waals surface area contributed by atoms with Crippen molar-refractivity contribution in [2.75, 3.05) is 32.0 Å². The van der Waals surface area contributed by atoms with Crippen molar-refractivity contribution in [3.63, 3.8) is 0 Å². The number of morpholine rings is 1. The summed E-state index contributed by atoms with van der Waals surface area (Å²) in [7, 11) is 0. The van der Waals surface area contributed by atoms with Crippen molar-refractivity contribution < 1.29 is 4.74 Å². The van der Waals surface area contributed by atoms with Gasteiger partial charge in [0.05, 0.1) is 24.6 Å². The zero-order valence-electron chi connectivity index (χ0n) is 12.2. The number of nitrogens with two attached hydrogens (primary N) is 1. The van der Waals surface area contributed by atoms with E-state index in [1.165, 1.54) is 11.4 Å². The fourth-order valence-corrected chi connectivity index (χ4v) is 2.72. The van der Waals surface area contributed by atoms with Crippen molar-refractivity contribution in [2.24, 2.45) is 0 Å². The topological polar surface area (TPSA) is 55.8 Å². The van der Waals surface area contributed by atoms with E-state index in [1.807, 2.05) is 18.3 Å². The first-order valence-corrected chi connectivity index (χ1v) is 7.21. The minimum absolute atomic E-state index is 0.409. The molecule has 108 valence electrons. The van der Waals surface area contributed by atoms with Gasteiger partial charge >= 0.3 is 0 Å². The Labute approximate surface area is 119 Å². The van der Waals surface area contributed by atoms with E-state index in [2.05, 4.69) is 23.1 Å². The summed E-state index contributed by atoms with van der Waals surface area (Å²) in [6.07, 6.45) is 1.98. The Balaban J connectivity index is 2.01. The van der Waals surface area contributed by atoms with Crippen molar-refractivity contribution in [1.82, 2.24) is 14.3 Å². The monoisotopic (exact) mass is 274 g/mol. The maximum absolute atomic E-state index is 5.93. The van der Waals surface area contributed by atoms with E-state index in [-0.39, 0.29) is 0 Å². The molecule has 1 aliphatic rings. The smallest absolute Gasteiger partial charge is 0.137 e. The van der Waals surface area contributed by atoms with E-state index in [1.54, 1.807) is 0 Å². The lowest BCUT2D eigenvalue weighted by molar-refractivity contribution is 0.0334. The quantitative estimate of drug-likeness (QED) is 0.928. The molecule has 0 saturated carbocycles. The highest BCUT2D eigenvalue weighted by atomic mass is 16.5. The van der Waals surface area contributed by atoms with Crippen LogP contribution in [0.1, 0.15) is 31.2 Å². The van der Waals surface area contributed by atoms with Crippen LogP contribution in [0.4, 0.5) is 5.69 Å². The van der Waals surface area contributed by atoms with Crippen LogP contribution in [0.5, 0.6) is 0 Å². The highest BCUT2D eigenvalue weighted by Crippen LogP contribution is 2.23. The van der Waals surface area contributed by atoms with Crippen LogP contribution in [0.25, 0.3) is 5.65 Å². The zero-order valence-corrected chi connectivity index (χ0v) is 12.2. The molecule has 0 aromatic carbocycles. The van der Waals surface area contributed by atoms with E-state index < -0.39 is 0 Å². The third-order valence-electron chi connectivity index (χ3n) is 3.80. The van der Waals surface area contributed by atoms with Crippen LogP contribution in [0.3, 0.4) is 0 Å². The maximum atomic E-state index is 5.93. The van der Waals surface area contributed by atoms with Gasteiger partial charge in [-0.2, -0.15) is 0 Å². The maximum Gasteiger partial charge on any atom is 0.137 e. The summed E-state index contributed by atoms with van der Waals surface area (Å²) < 4.78 is 7.56. The summed E-state index contributed by atoms with van der Waals surface area (Å²) in [5, 5.41) is 0. The van der Waals surface area contributed by atoms with Crippen molar-refractivity contribution in [3.05, 3.63) is 29.7 Å². The molecule has 2 aromatic rings. The average molecular weight is 274 g/mol. The Morgan fingerprint density at radius 2 is 2.05 bits per heavy atom. The van der Waals surface area contributed by atoms with Crippen LogP contribution in [-0.4, -0.2) is 40.6 Å². The van der Waals surface area contributed by atoms with Gasteiger partial charge in [-0.25, -0.2) is 4.98 Å². The fourth-order valence-electron chi connectivity index (χ4n) is 2.72. The van der Waals surface area contributed by atoms with Crippen LogP contribution >= 0.6 is 0 Å². The molecule has 0 atom stereocenters. The molecule has 1 saturated heterocycles. The molecule has 0 spiro atoms. The Hall–Kier alpha value is -1.59. The molecular weight excluding hydrogens is 252 g/mol. The average Bonchev–Trinajstić information content (AvgIpc) is 2.78. The van der Waals surface area contributed by atoms with Gasteiger partial charge in [-0.1, -0.05) is 13.8 Å². The molecule has 0 amide bonds. The van der Waals surface area contributed by atoms with E-state index in [9.17, 15) is 0 Å². The number of hydrogen-bond acceptors (Lipinski definition) is 4. The molecule has 5 heteroatoms. The van der Waals surface area contributed by atoms with Crippen LogP contribution in [-0.2, 0) is 11.3 Å². The lowest BCUT2D eigenvalue weighted by Crippen LogP contribution is -2.36. The van der Waals surface area contributed by atoms with Gasteiger partial charge < -0.3 is 14.9 Å². The van der Waals surface area contributed by atoms with Crippen LogP contribution in [0, 0.1) is 0 Å². The number of rotatable bonds is 3. The third-order valence-corrected chi connectivity index (χ3v) is 3.80. The largest absolute Gasteiger partial charge is 0.398 e. The molecule has 3 rings (SSSR count). The summed E-state index contributed by atoms with van der Waals surface area (Å²) in [6.45, 7) is 8.87. The van der Waals surface area contributed by atoms with Crippen molar-refractivity contribution in [2.45, 2.75) is 26.3 Å². The second-order valence-electron chi connectivity index (χ2n) is 5.68. The summed E-state index contributed by atoms with van der Waals surface area (Å²) in [5.41, 5.74) is 10.1. The first-order valence-electron chi connectivity index (χ1n) is 7.21. The Bertz CT molecular complexity index is 599. The lowest BCUT2D eigenvalue weighted by Gasteiger charge is -2.27. The number of hydrogen-bond donors (Lipinski definition) is 1. The predicted octanol–water partition coefficient (Wildman–Crippen LogP) is 1.87. The lowest BCUT2D eigenvalue weighted by atomic mass is 10.1. The summed E-state index contributed by atoms with van der Waals surface area (Å²) in [6, 6.07) is 3.90. The van der Waals surface area contributed by atoms with Crippen molar-refractivity contribution >= 4 is 11.3 Å². The van der Waals surface area contributed by atoms with Gasteiger partial charge in [0, 0.05) is 31.5 Å². The Kier molecular flexibility index (Phi) is 3.63. The first-order chi connectivity index (χ1) is 9.65. The van der Waals surface area contributed by atoms with Crippen LogP contribution in [0.15, 0.2) is 18.3 Å². The molecule has 1 fully saturated rings. The molecule has 1 aliphatic heterocycles. The van der Waals surface area contributed by atoms with Crippen LogP contribution < -0.4 is 5.73 Å². The zero-order chi connectivity index (χ0) is 14.1. The third kappa shape index (κ3) is 2.51. The minimum Gasteiger partial charge on any atom is -0.398 e. The minimum atomic E-state index is 0.409. The molecular formula is C15H22N4O. The highest BCUT2D eigenvalue weighted by molar-refractivity contribution is 5.50. The molecule has 3 heterocycles. The van der Waals surface area contributed by atoms with Crippen molar-refractivity contribution in [1.29, 1.82) is 0 Å². The highest BCUT2D eigenvalue weighted by Gasteiger charge is 2.19. The van der Waals surface area contributed by atoms with Gasteiger partial charge in [0.25, 0.3) is 0 Å². The molecule has 0 unspecified atom stereocenters. The number of nitrogen functional groups attached to an aromatic ring is 1. The van der Waals surface area contributed by atoms with Crippen molar-refractivity contribution in [3.8, 4) is 0 Å². The first kappa shape index (κ1) is 13.4. The van der Waals surface area contributed by atoms with E-state index in [0.29, 0.717) is 5.92 Å². The number of nitrogens with zero attached hydrogens (tertiary/aromatic N) is 3. The molecule has 0 radical (unpaired) electrons. The van der Waals surface area contributed by atoms with Gasteiger partial charge in [-0.3, -0.25) is 4.90 Å². The molecule has 20 heavy (non-hydrogen) atoms. The standard InChI is InChI=1S/C15H22N4O/c1-11(2)15-13(10-18-5-7-20-8-6-18)19-9-12(16)3-4-14(19)17-15/h3-4,9,11H,5-8,10,16H2,1-2H3. The molecule has 0 aliphatic carbocycles. The second-order valence-corrected chi connectivity index (χ2v) is 5.68. The number of imidazole rings is 1. The normalized spacial score (nSPS) is 17.1. The summed E-state index contributed by atoms with van der Waals surface area (Å²) >= 11 is 0. The molecule has 0 bridgehead atoms. The molecule has 2 N–H and O–H groups in total. The predicted molar refractivity (Wildman–Crippen MR) is 79.8 cm³/mol. The van der Waals surface area contributed by atoms with Gasteiger partial charge in [-0.05, 0) is 18.1 Å². The number of anilines is 1. The number of fused-ring (bicyclic) bond motifs is 1. The molecule has 2 aromatic heterocycles. The number of aromatic nitrogens is 2. The summed E-state index contributed by atoms with van der Waals surface area (Å²) in [4.78, 5) is 7.19. The van der Waals surface area contributed by atoms with Gasteiger partial charge in [0.1, 0.15) is 5.65 Å². The van der Waals surface area contributed by atoms with Gasteiger partial charge in [-0.15, -0.1) is 0 Å². The van der Waals surface area contributed by atoms with Gasteiger partial charge in [0.15, 0.2) is 0 Å². The summed E-state index contributed by atoms with van der Waals surface area (Å²) in [5.74, 6) is 0.409. The van der Waals surface area contributed by atoms with E-state index >= 15 is 0 Å². The fraction of sp³-hybridized carbons (Fsp3) is 0.533. The van der Waals surface area contributed by atoms with E-state index in [0.717, 1.165) is 44.2 Å². The Morgan fingerprint density at radius 1 is 1.30 bits per heavy atom. The van der Waals surface area contributed by atoms with Crippen LogP contribution in [0.2, 0.25) is 0 Å². The van der Waals surface area contributed by atoms with E-state index in [4.69, 9.17) is 15.5 Å². The SMILES string of the molecule is CC(C)c1nc2ccc(N)cn2c1CN1CCOCC1. The second kappa shape index (κ2) is 5.42.